The van der Waals surface area contributed by atoms with E-state index >= 15 is 0 Å². The van der Waals surface area contributed by atoms with Gasteiger partial charge in [-0.25, -0.2) is 9.79 Å². The van der Waals surface area contributed by atoms with E-state index in [9.17, 15) is 4.79 Å². The molecule has 0 aliphatic carbocycles. The van der Waals surface area contributed by atoms with Crippen LogP contribution >= 0.6 is 0 Å². The first-order valence-electron chi connectivity index (χ1n) is 8.16. The van der Waals surface area contributed by atoms with E-state index in [2.05, 4.69) is 29.5 Å². The van der Waals surface area contributed by atoms with Crippen LogP contribution in [-0.2, 0) is 19.4 Å². The number of carbonyl (C=O) groups excluding carboxylic acids is 1. The van der Waals surface area contributed by atoms with E-state index in [1.807, 2.05) is 48.5 Å². The normalized spacial score (nSPS) is 11.2. The van der Waals surface area contributed by atoms with Crippen LogP contribution in [0.5, 0.6) is 0 Å². The molecule has 0 aliphatic heterocycles. The van der Waals surface area contributed by atoms with Crippen molar-refractivity contribution in [2.24, 2.45) is 10.7 Å². The van der Waals surface area contributed by atoms with Gasteiger partial charge in [0.2, 0.25) is 0 Å². The third kappa shape index (κ3) is 4.84. The van der Waals surface area contributed by atoms with Crippen molar-refractivity contribution in [3.05, 3.63) is 65.2 Å². The number of aliphatic imine (C=N–C) groups is 1. The van der Waals surface area contributed by atoms with Crippen molar-refractivity contribution in [2.45, 2.75) is 33.2 Å². The van der Waals surface area contributed by atoms with Crippen molar-refractivity contribution in [3.8, 4) is 0 Å². The van der Waals surface area contributed by atoms with Gasteiger partial charge in [-0.15, -0.1) is 0 Å². The Morgan fingerprint density at radius 1 is 1.00 bits per heavy atom. The number of benzene rings is 2. The molecule has 0 radical (unpaired) electrons. The monoisotopic (exact) mass is 324 g/mol. The quantitative estimate of drug-likeness (QED) is 0.582. The highest BCUT2D eigenvalue weighted by atomic mass is 16.2. The Kier molecular flexibility index (Phi) is 6.37. The lowest BCUT2D eigenvalue weighted by Crippen LogP contribution is -2.40. The van der Waals surface area contributed by atoms with E-state index in [1.54, 1.807) is 0 Å². The molecule has 5 heteroatoms. The summed E-state index contributed by atoms with van der Waals surface area (Å²) in [5, 5.41) is 5.48. The molecule has 2 aromatic rings. The molecule has 2 amide bonds. The van der Waals surface area contributed by atoms with Gasteiger partial charge in [0.25, 0.3) is 0 Å². The number of para-hydroxylation sites is 1. The summed E-state index contributed by atoms with van der Waals surface area (Å²) in [5.41, 5.74) is 9.89. The molecule has 0 unspecified atom stereocenters. The van der Waals surface area contributed by atoms with Crippen LogP contribution in [0.1, 0.15) is 30.5 Å². The molecule has 4 N–H and O–H groups in total. The topological polar surface area (TPSA) is 79.5 Å². The van der Waals surface area contributed by atoms with E-state index in [-0.39, 0.29) is 12.0 Å². The fraction of sp³-hybridized carbons (Fsp3) is 0.263. The first-order chi connectivity index (χ1) is 11.6. The molecule has 0 aliphatic rings. The summed E-state index contributed by atoms with van der Waals surface area (Å²) in [4.78, 5) is 16.4. The minimum absolute atomic E-state index is 0.100. The van der Waals surface area contributed by atoms with Gasteiger partial charge in [-0.3, -0.25) is 5.32 Å². The lowest BCUT2D eigenvalue weighted by molar-refractivity contribution is 0.256. The smallest absolute Gasteiger partial charge is 0.326 e. The van der Waals surface area contributed by atoms with Crippen molar-refractivity contribution in [1.29, 1.82) is 0 Å². The van der Waals surface area contributed by atoms with Gasteiger partial charge in [-0.1, -0.05) is 62.4 Å². The van der Waals surface area contributed by atoms with Gasteiger partial charge in [0, 0.05) is 5.69 Å². The Bertz CT molecular complexity index is 688. The first-order valence-corrected chi connectivity index (χ1v) is 8.16. The zero-order valence-electron chi connectivity index (χ0n) is 14.2. The molecular weight excluding hydrogens is 300 g/mol. The number of hydrogen-bond donors (Lipinski definition) is 3. The highest BCUT2D eigenvalue weighted by molar-refractivity contribution is 6.02. The summed E-state index contributed by atoms with van der Waals surface area (Å²) in [7, 11) is 0. The Morgan fingerprint density at radius 2 is 1.62 bits per heavy atom. The van der Waals surface area contributed by atoms with Gasteiger partial charge in [0.1, 0.15) is 0 Å². The lowest BCUT2D eigenvalue weighted by Gasteiger charge is -2.14. The summed E-state index contributed by atoms with van der Waals surface area (Å²) >= 11 is 0. The van der Waals surface area contributed by atoms with Gasteiger partial charge in [0.15, 0.2) is 5.96 Å². The van der Waals surface area contributed by atoms with Gasteiger partial charge >= 0.3 is 6.03 Å². The van der Waals surface area contributed by atoms with E-state index < -0.39 is 0 Å². The largest absolute Gasteiger partial charge is 0.370 e. The number of nitrogens with one attached hydrogen (secondary N) is 2. The number of urea groups is 1. The molecule has 2 rings (SSSR count). The van der Waals surface area contributed by atoms with Crippen molar-refractivity contribution in [2.75, 3.05) is 5.32 Å². The fourth-order valence-corrected chi connectivity index (χ4v) is 2.46. The zero-order chi connectivity index (χ0) is 17.4. The van der Waals surface area contributed by atoms with Crippen LogP contribution in [0.25, 0.3) is 0 Å². The number of nitrogens with zero attached hydrogens (tertiary/aromatic N) is 1. The number of guanidine groups is 1. The summed E-state index contributed by atoms with van der Waals surface area (Å²) in [6, 6.07) is 15.4. The second-order valence-corrected chi connectivity index (χ2v) is 5.42. The molecule has 0 fully saturated rings. The number of rotatable bonds is 5. The Morgan fingerprint density at radius 3 is 2.21 bits per heavy atom. The summed E-state index contributed by atoms with van der Waals surface area (Å²) < 4.78 is 0. The minimum Gasteiger partial charge on any atom is -0.370 e. The molecule has 24 heavy (non-hydrogen) atoms. The molecular formula is C19H24N4O. The SMILES string of the molecule is CCc1cccc(CC)c1NC(=O)NC(N)=NCc1ccccc1. The van der Waals surface area contributed by atoms with E-state index in [4.69, 9.17) is 5.73 Å². The van der Waals surface area contributed by atoms with Crippen LogP contribution in [0.3, 0.4) is 0 Å². The van der Waals surface area contributed by atoms with Gasteiger partial charge < -0.3 is 11.1 Å². The minimum atomic E-state index is -0.375. The fourth-order valence-electron chi connectivity index (χ4n) is 2.46. The summed E-state index contributed by atoms with van der Waals surface area (Å²) in [6.45, 7) is 4.56. The molecule has 0 aromatic heterocycles. The Labute approximate surface area is 143 Å². The molecule has 126 valence electrons. The average Bonchev–Trinajstić information content (AvgIpc) is 2.61. The second-order valence-electron chi connectivity index (χ2n) is 5.42. The summed E-state index contributed by atoms with van der Waals surface area (Å²) in [6.07, 6.45) is 1.70. The third-order valence-corrected chi connectivity index (χ3v) is 3.75. The molecule has 0 bridgehead atoms. The number of anilines is 1. The summed E-state index contributed by atoms with van der Waals surface area (Å²) in [5.74, 6) is 0.100. The Balaban J connectivity index is 2.00. The number of aryl methyl sites for hydroxylation is 2. The van der Waals surface area contributed by atoms with Crippen molar-refractivity contribution in [1.82, 2.24) is 5.32 Å². The molecule has 0 spiro atoms. The van der Waals surface area contributed by atoms with E-state index in [0.29, 0.717) is 6.54 Å². The van der Waals surface area contributed by atoms with Gasteiger partial charge in [-0.05, 0) is 29.5 Å². The van der Waals surface area contributed by atoms with Crippen LogP contribution in [0, 0.1) is 0 Å². The maximum Gasteiger partial charge on any atom is 0.326 e. The molecule has 0 saturated heterocycles. The molecule has 5 nitrogen and oxygen atoms in total. The van der Waals surface area contributed by atoms with Crippen molar-refractivity contribution in [3.63, 3.8) is 0 Å². The molecule has 0 atom stereocenters. The van der Waals surface area contributed by atoms with Crippen molar-refractivity contribution >= 4 is 17.7 Å². The first kappa shape index (κ1) is 17.5. The van der Waals surface area contributed by atoms with Crippen LogP contribution in [0.15, 0.2) is 53.5 Å². The number of nitrogens with two attached hydrogens (primary N) is 1. The maximum atomic E-state index is 12.2. The van der Waals surface area contributed by atoms with Gasteiger partial charge in [0.05, 0.1) is 6.54 Å². The van der Waals surface area contributed by atoms with Gasteiger partial charge in [-0.2, -0.15) is 0 Å². The highest BCUT2D eigenvalue weighted by Crippen LogP contribution is 2.22. The van der Waals surface area contributed by atoms with E-state index in [1.165, 1.54) is 0 Å². The van der Waals surface area contributed by atoms with Crippen LogP contribution in [0.4, 0.5) is 10.5 Å². The lowest BCUT2D eigenvalue weighted by atomic mass is 10.0. The molecule has 2 aromatic carbocycles. The van der Waals surface area contributed by atoms with Crippen LogP contribution < -0.4 is 16.4 Å². The Hall–Kier alpha value is -2.82. The number of carbonyl (C=O) groups is 1. The molecule has 0 heterocycles. The van der Waals surface area contributed by atoms with Crippen LogP contribution in [-0.4, -0.2) is 12.0 Å². The predicted molar refractivity (Wildman–Crippen MR) is 99.1 cm³/mol. The number of amides is 2. The third-order valence-electron chi connectivity index (χ3n) is 3.75. The second kappa shape index (κ2) is 8.72. The predicted octanol–water partition coefficient (Wildman–Crippen LogP) is 3.45. The van der Waals surface area contributed by atoms with Crippen LogP contribution in [0.2, 0.25) is 0 Å². The maximum absolute atomic E-state index is 12.2. The average molecular weight is 324 g/mol. The van der Waals surface area contributed by atoms with Crippen molar-refractivity contribution < 1.29 is 4.79 Å². The number of hydrogen-bond acceptors (Lipinski definition) is 2. The molecule has 0 saturated carbocycles. The highest BCUT2D eigenvalue weighted by Gasteiger charge is 2.10. The standard InChI is InChI=1S/C19H24N4O/c1-3-15-11-8-12-16(4-2)17(15)22-19(24)23-18(20)21-13-14-9-6-5-7-10-14/h5-12H,3-4,13H2,1-2H3,(H4,20,21,22,23,24). The van der Waals surface area contributed by atoms with E-state index in [0.717, 1.165) is 35.2 Å². The zero-order valence-corrected chi connectivity index (χ0v) is 14.2.